The van der Waals surface area contributed by atoms with Crippen molar-refractivity contribution < 1.29 is 5.11 Å². The Balaban J connectivity index is 1.89. The average molecular weight is 277 g/mol. The standard InChI is InChI=1S/C16H27N3O/c1-14-5-4-6-15(11-14)19-9-7-18(8-10-19)12-16(2,13-20)17-3/h4-6,11,17,20H,7-10,12-13H2,1-3H3. The van der Waals surface area contributed by atoms with Gasteiger partial charge in [-0.2, -0.15) is 0 Å². The van der Waals surface area contributed by atoms with Crippen LogP contribution in [-0.4, -0.2) is 61.9 Å². The minimum absolute atomic E-state index is 0.168. The first-order valence-corrected chi connectivity index (χ1v) is 7.40. The number of hydrogen-bond acceptors (Lipinski definition) is 4. The minimum Gasteiger partial charge on any atom is -0.394 e. The van der Waals surface area contributed by atoms with Gasteiger partial charge in [0.2, 0.25) is 0 Å². The summed E-state index contributed by atoms with van der Waals surface area (Å²) in [5.74, 6) is 0. The number of nitrogens with one attached hydrogen (secondary N) is 1. The lowest BCUT2D eigenvalue weighted by atomic mass is 10.0. The lowest BCUT2D eigenvalue weighted by Gasteiger charge is -2.40. The number of benzene rings is 1. The maximum atomic E-state index is 9.48. The highest BCUT2D eigenvalue weighted by Gasteiger charge is 2.26. The van der Waals surface area contributed by atoms with Crippen LogP contribution in [0, 0.1) is 6.92 Å². The number of aliphatic hydroxyl groups excluding tert-OH is 1. The van der Waals surface area contributed by atoms with Gasteiger partial charge in [-0.05, 0) is 38.6 Å². The van der Waals surface area contributed by atoms with E-state index in [0.29, 0.717) is 0 Å². The second kappa shape index (κ2) is 6.57. The molecule has 1 saturated heterocycles. The van der Waals surface area contributed by atoms with E-state index in [-0.39, 0.29) is 12.1 Å². The Labute approximate surface area is 122 Å². The summed E-state index contributed by atoms with van der Waals surface area (Å²) < 4.78 is 0. The Morgan fingerprint density at radius 3 is 2.50 bits per heavy atom. The van der Waals surface area contributed by atoms with E-state index in [2.05, 4.69) is 53.2 Å². The molecule has 1 aromatic rings. The number of piperazine rings is 1. The molecule has 0 aromatic heterocycles. The number of likely N-dealkylation sites (N-methyl/N-ethyl adjacent to an activating group) is 1. The van der Waals surface area contributed by atoms with Crippen LogP contribution < -0.4 is 10.2 Å². The highest BCUT2D eigenvalue weighted by Crippen LogP contribution is 2.18. The van der Waals surface area contributed by atoms with Crippen LogP contribution in [0.1, 0.15) is 12.5 Å². The smallest absolute Gasteiger partial charge is 0.0623 e. The zero-order valence-corrected chi connectivity index (χ0v) is 12.9. The third-order valence-corrected chi connectivity index (χ3v) is 4.26. The zero-order valence-electron chi connectivity index (χ0n) is 12.9. The predicted molar refractivity (Wildman–Crippen MR) is 84.4 cm³/mol. The molecule has 1 aromatic carbocycles. The number of hydrogen-bond donors (Lipinski definition) is 2. The third kappa shape index (κ3) is 3.72. The van der Waals surface area contributed by atoms with Crippen LogP contribution in [-0.2, 0) is 0 Å². The quantitative estimate of drug-likeness (QED) is 0.845. The van der Waals surface area contributed by atoms with Gasteiger partial charge >= 0.3 is 0 Å². The van der Waals surface area contributed by atoms with Crippen LogP contribution in [0.15, 0.2) is 24.3 Å². The summed E-state index contributed by atoms with van der Waals surface area (Å²) in [4.78, 5) is 4.87. The lowest BCUT2D eigenvalue weighted by molar-refractivity contribution is 0.122. The molecule has 0 bridgehead atoms. The Kier molecular flexibility index (Phi) is 5.02. The van der Waals surface area contributed by atoms with Crippen LogP contribution in [0.4, 0.5) is 5.69 Å². The maximum absolute atomic E-state index is 9.48. The van der Waals surface area contributed by atoms with E-state index in [4.69, 9.17) is 0 Å². The van der Waals surface area contributed by atoms with E-state index < -0.39 is 0 Å². The monoisotopic (exact) mass is 277 g/mol. The predicted octanol–water partition coefficient (Wildman–Crippen LogP) is 1.09. The van der Waals surface area contributed by atoms with Gasteiger partial charge in [-0.25, -0.2) is 0 Å². The van der Waals surface area contributed by atoms with Gasteiger partial charge in [-0.15, -0.1) is 0 Å². The summed E-state index contributed by atoms with van der Waals surface area (Å²) in [6.07, 6.45) is 0. The molecule has 1 aliphatic rings. The van der Waals surface area contributed by atoms with Crippen LogP contribution in [0.25, 0.3) is 0 Å². The molecule has 4 heteroatoms. The van der Waals surface area contributed by atoms with Gasteiger partial charge in [0.05, 0.1) is 12.1 Å². The molecule has 1 heterocycles. The van der Waals surface area contributed by atoms with Crippen molar-refractivity contribution in [1.29, 1.82) is 0 Å². The minimum atomic E-state index is -0.203. The van der Waals surface area contributed by atoms with Gasteiger partial charge in [0, 0.05) is 38.4 Å². The van der Waals surface area contributed by atoms with Gasteiger partial charge < -0.3 is 15.3 Å². The Bertz CT molecular complexity index is 423. The average Bonchev–Trinajstić information content (AvgIpc) is 2.48. The van der Waals surface area contributed by atoms with Gasteiger partial charge in [-0.3, -0.25) is 4.90 Å². The molecule has 112 valence electrons. The fraction of sp³-hybridized carbons (Fsp3) is 0.625. The highest BCUT2D eigenvalue weighted by atomic mass is 16.3. The van der Waals surface area contributed by atoms with Crippen molar-refractivity contribution in [1.82, 2.24) is 10.2 Å². The molecule has 1 aliphatic heterocycles. The van der Waals surface area contributed by atoms with E-state index in [1.54, 1.807) is 0 Å². The largest absolute Gasteiger partial charge is 0.394 e. The molecule has 2 rings (SSSR count). The molecule has 4 nitrogen and oxygen atoms in total. The lowest BCUT2D eigenvalue weighted by Crippen LogP contribution is -2.56. The van der Waals surface area contributed by atoms with Gasteiger partial charge in [0.15, 0.2) is 0 Å². The molecule has 0 aliphatic carbocycles. The molecule has 2 N–H and O–H groups in total. The van der Waals surface area contributed by atoms with Gasteiger partial charge in [0.1, 0.15) is 0 Å². The number of nitrogens with zero attached hydrogens (tertiary/aromatic N) is 2. The Hall–Kier alpha value is -1.10. The fourth-order valence-corrected chi connectivity index (χ4v) is 2.69. The summed E-state index contributed by atoms with van der Waals surface area (Å²) in [5, 5.41) is 12.7. The van der Waals surface area contributed by atoms with Crippen molar-refractivity contribution >= 4 is 5.69 Å². The zero-order chi connectivity index (χ0) is 14.6. The number of rotatable bonds is 5. The Morgan fingerprint density at radius 2 is 1.95 bits per heavy atom. The summed E-state index contributed by atoms with van der Waals surface area (Å²) in [6, 6.07) is 8.70. The SMILES string of the molecule is CNC(C)(CO)CN1CCN(c2cccc(C)c2)CC1. The summed E-state index contributed by atoms with van der Waals surface area (Å²) in [7, 11) is 1.92. The molecule has 0 amide bonds. The van der Waals surface area contributed by atoms with Crippen LogP contribution in [0.3, 0.4) is 0 Å². The van der Waals surface area contributed by atoms with Crippen molar-refractivity contribution in [2.45, 2.75) is 19.4 Å². The van der Waals surface area contributed by atoms with Crippen molar-refractivity contribution in [2.75, 3.05) is 51.3 Å². The van der Waals surface area contributed by atoms with Crippen LogP contribution >= 0.6 is 0 Å². The second-order valence-electron chi connectivity index (χ2n) is 6.07. The molecule has 0 spiro atoms. The summed E-state index contributed by atoms with van der Waals surface area (Å²) in [5.41, 5.74) is 2.43. The first kappa shape index (κ1) is 15.3. The summed E-state index contributed by atoms with van der Waals surface area (Å²) >= 11 is 0. The van der Waals surface area contributed by atoms with Crippen LogP contribution in [0.5, 0.6) is 0 Å². The molecule has 0 saturated carbocycles. The van der Waals surface area contributed by atoms with E-state index in [0.717, 1.165) is 32.7 Å². The second-order valence-corrected chi connectivity index (χ2v) is 6.07. The molecule has 1 unspecified atom stereocenters. The van der Waals surface area contributed by atoms with E-state index in [1.807, 2.05) is 7.05 Å². The normalized spacial score (nSPS) is 19.9. The molecule has 0 radical (unpaired) electrons. The summed E-state index contributed by atoms with van der Waals surface area (Å²) in [6.45, 7) is 9.46. The van der Waals surface area contributed by atoms with Crippen molar-refractivity contribution in [3.05, 3.63) is 29.8 Å². The van der Waals surface area contributed by atoms with Gasteiger partial charge in [0.25, 0.3) is 0 Å². The topological polar surface area (TPSA) is 38.7 Å². The molecule has 1 atom stereocenters. The van der Waals surface area contributed by atoms with Crippen molar-refractivity contribution in [3.63, 3.8) is 0 Å². The molecule has 20 heavy (non-hydrogen) atoms. The first-order valence-electron chi connectivity index (χ1n) is 7.40. The number of aryl methyl sites for hydroxylation is 1. The molecular weight excluding hydrogens is 250 g/mol. The highest BCUT2D eigenvalue weighted by molar-refractivity contribution is 5.48. The first-order chi connectivity index (χ1) is 9.56. The van der Waals surface area contributed by atoms with E-state index in [9.17, 15) is 5.11 Å². The number of aliphatic hydroxyl groups is 1. The van der Waals surface area contributed by atoms with Crippen molar-refractivity contribution in [2.24, 2.45) is 0 Å². The molecule has 1 fully saturated rings. The van der Waals surface area contributed by atoms with E-state index >= 15 is 0 Å². The number of anilines is 1. The van der Waals surface area contributed by atoms with E-state index in [1.165, 1.54) is 11.3 Å². The fourth-order valence-electron chi connectivity index (χ4n) is 2.69. The van der Waals surface area contributed by atoms with Crippen LogP contribution in [0.2, 0.25) is 0 Å². The maximum Gasteiger partial charge on any atom is 0.0623 e. The third-order valence-electron chi connectivity index (χ3n) is 4.26. The van der Waals surface area contributed by atoms with Gasteiger partial charge in [-0.1, -0.05) is 12.1 Å². The Morgan fingerprint density at radius 1 is 1.25 bits per heavy atom. The molecular formula is C16H27N3O. The van der Waals surface area contributed by atoms with Crippen molar-refractivity contribution in [3.8, 4) is 0 Å².